The molecule has 6 rings (SSSR count). The minimum Gasteiger partial charge on any atom is -0.460 e. The van der Waals surface area contributed by atoms with Gasteiger partial charge in [-0.25, -0.2) is 9.59 Å². The number of ether oxygens (including phenoxy) is 3. The number of amides is 2. The molecule has 0 aromatic heterocycles. The number of carbonyl (C=O) groups is 5. The zero-order chi connectivity index (χ0) is 54.2. The average molecular weight is 1050 g/mol. The van der Waals surface area contributed by atoms with Crippen molar-refractivity contribution in [3.05, 3.63) is 166 Å². The van der Waals surface area contributed by atoms with Crippen molar-refractivity contribution < 1.29 is 38.2 Å². The number of ketones is 1. The second-order valence-electron chi connectivity index (χ2n) is 21.4. The van der Waals surface area contributed by atoms with Gasteiger partial charge in [0, 0.05) is 59.9 Å². The molecule has 1 unspecified atom stereocenters. The molecule has 11 heteroatoms. The highest BCUT2D eigenvalue weighted by Gasteiger charge is 2.44. The van der Waals surface area contributed by atoms with E-state index in [1.165, 1.54) is 44.9 Å². The number of unbranched alkanes of at least 4 members (excludes halogenated alkanes) is 13. The Bertz CT molecular complexity index is 2580. The van der Waals surface area contributed by atoms with E-state index in [0.717, 1.165) is 66.3 Å². The number of aryl methyl sites for hydroxylation is 1. The van der Waals surface area contributed by atoms with Gasteiger partial charge in [-0.2, -0.15) is 0 Å². The van der Waals surface area contributed by atoms with Gasteiger partial charge in [-0.15, -0.1) is 0 Å². The maximum Gasteiger partial charge on any atom is 0.407 e. The molecule has 0 radical (unpaired) electrons. The zero-order valence-electron chi connectivity index (χ0n) is 45.5. The molecule has 0 saturated heterocycles. The van der Waals surface area contributed by atoms with E-state index in [2.05, 4.69) is 34.9 Å². The van der Waals surface area contributed by atoms with Crippen molar-refractivity contribution in [3.63, 3.8) is 0 Å². The molecule has 0 bridgehead atoms. The Kier molecular flexibility index (Phi) is 23.7. The van der Waals surface area contributed by atoms with Crippen LogP contribution in [0.15, 0.2) is 127 Å². The van der Waals surface area contributed by atoms with Crippen LogP contribution < -0.4 is 10.6 Å². The molecule has 0 aliphatic heterocycles. The van der Waals surface area contributed by atoms with Crippen molar-refractivity contribution in [1.29, 1.82) is 0 Å². The molecular weight excluding hydrogens is 972 g/mol. The van der Waals surface area contributed by atoms with Gasteiger partial charge < -0.3 is 24.8 Å². The quantitative estimate of drug-likeness (QED) is 0.0188. The maximum absolute atomic E-state index is 14.8. The summed E-state index contributed by atoms with van der Waals surface area (Å²) in [6, 6.07) is 39.7. The molecule has 76 heavy (non-hydrogen) atoms. The first-order valence-electron chi connectivity index (χ1n) is 28.0. The van der Waals surface area contributed by atoms with Crippen molar-refractivity contribution in [3.8, 4) is 11.1 Å². The predicted molar refractivity (Wildman–Crippen MR) is 303 cm³/mol. The molecule has 1 aliphatic carbocycles. The molecule has 1 aliphatic rings. The van der Waals surface area contributed by atoms with E-state index < -0.39 is 29.3 Å². The summed E-state index contributed by atoms with van der Waals surface area (Å²) in [6.07, 6.45) is 16.1. The lowest BCUT2D eigenvalue weighted by atomic mass is 9.79. The van der Waals surface area contributed by atoms with E-state index >= 15 is 0 Å². The number of fused-ring (bicyclic) bond motifs is 3. The Labute approximate surface area is 457 Å². The second kappa shape index (κ2) is 30.5. The fourth-order valence-corrected chi connectivity index (χ4v) is 10.5. The fraction of sp³-hybridized carbons (Fsp3) is 0.462. The Balaban J connectivity index is 0.983. The lowest BCUT2D eigenvalue weighted by Crippen LogP contribution is -2.46. The molecular formula is C65H81ClN2O8. The van der Waals surface area contributed by atoms with Crippen molar-refractivity contribution in [2.24, 2.45) is 0 Å². The molecule has 0 fully saturated rings. The smallest absolute Gasteiger partial charge is 0.407 e. The van der Waals surface area contributed by atoms with Crippen molar-refractivity contribution in [2.75, 3.05) is 13.2 Å². The molecule has 5 aromatic rings. The number of halogens is 1. The standard InChI is InChI=1S/C65H81ClN2O8/c1-48-40-42-50(43-41-48)65(49-29-18-17-19-30-49,57-36-26-27-37-58(57)66)76-62(72)59(68-60(70)38-20-15-13-11-9-7-5-6-8-10-12-14-16-21-39-61(71)75-64(2,3)4)45-44-51(69)31-28-46-67-63(73)74-47-56-54-34-24-22-32-52(54)53-33-23-25-35-55(53)56/h17-19,22-27,29-30,32-37,40-43,56,59H,5-16,20-21,28,31,38-39,44-47H2,1-4H3,(H,67,73)(H,68,70)/t59-,65?/m0/s1. The molecule has 0 spiro atoms. The summed E-state index contributed by atoms with van der Waals surface area (Å²) < 4.78 is 17.8. The Morgan fingerprint density at radius 2 is 1.07 bits per heavy atom. The van der Waals surface area contributed by atoms with Gasteiger partial charge in [-0.05, 0) is 81.7 Å². The minimum atomic E-state index is -1.49. The normalized spacial score (nSPS) is 13.2. The van der Waals surface area contributed by atoms with Gasteiger partial charge in [0.05, 0.1) is 0 Å². The zero-order valence-corrected chi connectivity index (χ0v) is 46.2. The third-order valence-electron chi connectivity index (χ3n) is 14.2. The van der Waals surface area contributed by atoms with E-state index in [4.69, 9.17) is 25.8 Å². The summed E-state index contributed by atoms with van der Waals surface area (Å²) >= 11 is 6.98. The second-order valence-corrected chi connectivity index (χ2v) is 21.8. The summed E-state index contributed by atoms with van der Waals surface area (Å²) in [6.45, 7) is 8.12. The third kappa shape index (κ3) is 18.2. The van der Waals surface area contributed by atoms with Crippen LogP contribution in [-0.2, 0) is 39.0 Å². The van der Waals surface area contributed by atoms with Gasteiger partial charge in [0.15, 0.2) is 5.60 Å². The van der Waals surface area contributed by atoms with Crippen molar-refractivity contribution in [1.82, 2.24) is 10.6 Å². The van der Waals surface area contributed by atoms with Gasteiger partial charge >= 0.3 is 18.0 Å². The number of carbonyl (C=O) groups excluding carboxylic acids is 5. The first-order chi connectivity index (χ1) is 36.7. The highest BCUT2D eigenvalue weighted by Crippen LogP contribution is 2.45. The molecule has 2 N–H and O–H groups in total. The van der Waals surface area contributed by atoms with Gasteiger partial charge in [-0.3, -0.25) is 14.4 Å². The van der Waals surface area contributed by atoms with E-state index in [0.29, 0.717) is 41.0 Å². The first kappa shape index (κ1) is 59.0. The highest BCUT2D eigenvalue weighted by atomic mass is 35.5. The first-order valence-corrected chi connectivity index (χ1v) is 28.3. The number of hydrogen-bond donors (Lipinski definition) is 2. The van der Waals surface area contributed by atoms with Crippen LogP contribution in [0.3, 0.4) is 0 Å². The Morgan fingerprint density at radius 3 is 1.64 bits per heavy atom. The van der Waals surface area contributed by atoms with Gasteiger partial charge in [0.2, 0.25) is 5.91 Å². The molecule has 5 aromatic carbocycles. The molecule has 406 valence electrons. The van der Waals surface area contributed by atoms with Crippen LogP contribution in [0.25, 0.3) is 11.1 Å². The minimum absolute atomic E-state index is 0.0112. The number of nitrogens with one attached hydrogen (secondary N) is 2. The van der Waals surface area contributed by atoms with Gasteiger partial charge in [0.1, 0.15) is 24.0 Å². The van der Waals surface area contributed by atoms with E-state index in [1.807, 2.05) is 125 Å². The third-order valence-corrected chi connectivity index (χ3v) is 14.5. The summed E-state index contributed by atoms with van der Waals surface area (Å²) in [5, 5.41) is 6.17. The lowest BCUT2D eigenvalue weighted by molar-refractivity contribution is -0.158. The van der Waals surface area contributed by atoms with E-state index in [1.54, 1.807) is 6.07 Å². The molecule has 10 nitrogen and oxygen atoms in total. The fourth-order valence-electron chi connectivity index (χ4n) is 10.2. The number of Topliss-reactive ketones (excluding diaryl/α,β-unsaturated/α-hetero) is 1. The molecule has 2 amide bonds. The SMILES string of the molecule is Cc1ccc(C(OC(=O)[C@H](CCC(=O)CCCNC(=O)OCC2c3ccccc3-c3ccccc32)NC(=O)CCCCCCCCCCCCCCCCC(=O)OC(C)(C)C)(c2ccccc2)c2ccccc2Cl)cc1. The van der Waals surface area contributed by atoms with Crippen molar-refractivity contribution >= 4 is 41.3 Å². The van der Waals surface area contributed by atoms with Gasteiger partial charge in [-0.1, -0.05) is 216 Å². The van der Waals surface area contributed by atoms with Crippen LogP contribution in [0, 0.1) is 6.92 Å². The topological polar surface area (TPSA) is 137 Å². The van der Waals surface area contributed by atoms with Crippen LogP contribution in [0.1, 0.15) is 188 Å². The Morgan fingerprint density at radius 1 is 0.553 bits per heavy atom. The predicted octanol–water partition coefficient (Wildman–Crippen LogP) is 15.2. The van der Waals surface area contributed by atoms with Crippen LogP contribution in [0.5, 0.6) is 0 Å². The largest absolute Gasteiger partial charge is 0.460 e. The van der Waals surface area contributed by atoms with Crippen LogP contribution in [0.4, 0.5) is 4.79 Å². The molecule has 2 atom stereocenters. The average Bonchev–Trinajstić information content (AvgIpc) is 3.76. The van der Waals surface area contributed by atoms with Crippen LogP contribution in [-0.4, -0.2) is 54.5 Å². The van der Waals surface area contributed by atoms with Crippen LogP contribution >= 0.6 is 11.6 Å². The number of rotatable bonds is 32. The number of benzene rings is 5. The summed E-state index contributed by atoms with van der Waals surface area (Å²) in [5.41, 5.74) is 5.58. The number of hydrogen-bond acceptors (Lipinski definition) is 8. The highest BCUT2D eigenvalue weighted by molar-refractivity contribution is 6.31. The molecule has 0 heterocycles. The maximum atomic E-state index is 14.8. The monoisotopic (exact) mass is 1050 g/mol. The number of alkyl carbamates (subject to hydrolysis) is 1. The van der Waals surface area contributed by atoms with Crippen molar-refractivity contribution in [2.45, 2.75) is 179 Å². The lowest BCUT2D eigenvalue weighted by Gasteiger charge is -2.37. The molecule has 0 saturated carbocycles. The van der Waals surface area contributed by atoms with E-state index in [-0.39, 0.29) is 62.4 Å². The Hall–Kier alpha value is -6.26. The summed E-state index contributed by atoms with van der Waals surface area (Å²) in [4.78, 5) is 66.8. The van der Waals surface area contributed by atoms with E-state index in [9.17, 15) is 24.0 Å². The summed E-state index contributed by atoms with van der Waals surface area (Å²) in [7, 11) is 0. The van der Waals surface area contributed by atoms with Crippen LogP contribution in [0.2, 0.25) is 5.02 Å². The number of esters is 2. The van der Waals surface area contributed by atoms with Gasteiger partial charge in [0.25, 0.3) is 0 Å². The summed E-state index contributed by atoms with van der Waals surface area (Å²) in [5.74, 6) is -1.23.